The number of hydrogen-bond donors (Lipinski definition) is 0. The van der Waals surface area contributed by atoms with Gasteiger partial charge in [0.1, 0.15) is 11.3 Å². The highest BCUT2D eigenvalue weighted by Crippen LogP contribution is 2.40. The number of benzene rings is 3. The summed E-state index contributed by atoms with van der Waals surface area (Å²) in [5, 5.41) is 2.04. The fraction of sp³-hybridized carbons (Fsp3) is 0.250. The van der Waals surface area contributed by atoms with Gasteiger partial charge in [0.15, 0.2) is 5.58 Å². The number of nitrogens with zero attached hydrogens (tertiary/aromatic N) is 1. The Balaban J connectivity index is 1.79. The molecule has 0 saturated heterocycles. The monoisotopic (exact) mass is 413 g/mol. The molecule has 4 rings (SSSR count). The van der Waals surface area contributed by atoms with Gasteiger partial charge >= 0.3 is 6.36 Å². The normalized spacial score (nSPS) is 12.5. The molecule has 6 heteroatoms. The van der Waals surface area contributed by atoms with Gasteiger partial charge in [0.2, 0.25) is 0 Å². The van der Waals surface area contributed by atoms with Gasteiger partial charge in [-0.25, -0.2) is 0 Å². The molecule has 156 valence electrons. The van der Waals surface area contributed by atoms with Crippen molar-refractivity contribution in [3.63, 3.8) is 0 Å². The van der Waals surface area contributed by atoms with Gasteiger partial charge in [0.25, 0.3) is 0 Å². The fourth-order valence-electron chi connectivity index (χ4n) is 3.67. The third kappa shape index (κ3) is 3.70. The van der Waals surface area contributed by atoms with Crippen LogP contribution in [0, 0.1) is 0 Å². The minimum Gasteiger partial charge on any atom is -0.454 e. The Hall–Kier alpha value is -3.15. The average Bonchev–Trinajstić information content (AvgIpc) is 3.04. The molecular formula is C24H22F3NO2. The number of ether oxygens (including phenoxy) is 1. The van der Waals surface area contributed by atoms with Crippen LogP contribution in [-0.2, 0) is 5.41 Å². The number of anilines is 2. The summed E-state index contributed by atoms with van der Waals surface area (Å²) >= 11 is 0. The predicted molar refractivity (Wildman–Crippen MR) is 114 cm³/mol. The molecule has 0 atom stereocenters. The van der Waals surface area contributed by atoms with Crippen LogP contribution in [0.2, 0.25) is 0 Å². The van der Waals surface area contributed by atoms with E-state index in [1.54, 1.807) is 12.1 Å². The molecule has 0 spiro atoms. The van der Waals surface area contributed by atoms with Crippen LogP contribution in [0.25, 0.3) is 21.9 Å². The van der Waals surface area contributed by atoms with Crippen LogP contribution in [-0.4, -0.2) is 13.4 Å². The van der Waals surface area contributed by atoms with Crippen LogP contribution in [0.5, 0.6) is 5.75 Å². The number of fused-ring (bicyclic) bond motifs is 3. The second-order valence-electron chi connectivity index (χ2n) is 8.29. The molecule has 0 N–H and O–H groups in total. The molecule has 0 bridgehead atoms. The number of halogens is 3. The molecule has 3 nitrogen and oxygen atoms in total. The second kappa shape index (κ2) is 6.97. The largest absolute Gasteiger partial charge is 0.573 e. The zero-order valence-corrected chi connectivity index (χ0v) is 17.2. The molecule has 4 aromatic rings. The molecule has 0 aliphatic carbocycles. The first kappa shape index (κ1) is 20.1. The molecular weight excluding hydrogens is 391 g/mol. The van der Waals surface area contributed by atoms with E-state index in [1.807, 2.05) is 42.3 Å². The van der Waals surface area contributed by atoms with Gasteiger partial charge in [-0.15, -0.1) is 13.2 Å². The number of hydrogen-bond acceptors (Lipinski definition) is 3. The van der Waals surface area contributed by atoms with Crippen molar-refractivity contribution in [3.05, 3.63) is 66.2 Å². The third-order valence-corrected chi connectivity index (χ3v) is 5.13. The average molecular weight is 413 g/mol. The highest BCUT2D eigenvalue weighted by molar-refractivity contribution is 6.10. The summed E-state index contributed by atoms with van der Waals surface area (Å²) in [6.07, 6.45) is -4.71. The Morgan fingerprint density at radius 3 is 2.00 bits per heavy atom. The highest BCUT2D eigenvalue weighted by atomic mass is 19.4. The summed E-state index contributed by atoms with van der Waals surface area (Å²) in [6.45, 7) is 6.44. The van der Waals surface area contributed by atoms with E-state index in [4.69, 9.17) is 4.42 Å². The van der Waals surface area contributed by atoms with Crippen molar-refractivity contribution >= 4 is 33.3 Å². The van der Waals surface area contributed by atoms with Gasteiger partial charge in [0.05, 0.1) is 5.69 Å². The summed E-state index contributed by atoms with van der Waals surface area (Å²) in [4.78, 5) is 1.89. The van der Waals surface area contributed by atoms with Crippen LogP contribution in [0.1, 0.15) is 26.3 Å². The third-order valence-electron chi connectivity index (χ3n) is 5.13. The van der Waals surface area contributed by atoms with Crippen LogP contribution < -0.4 is 9.64 Å². The molecule has 0 aliphatic rings. The first-order chi connectivity index (χ1) is 14.0. The van der Waals surface area contributed by atoms with E-state index in [0.717, 1.165) is 33.2 Å². The maximum atomic E-state index is 12.4. The Morgan fingerprint density at radius 1 is 0.800 bits per heavy atom. The Labute approximate surface area is 172 Å². The van der Waals surface area contributed by atoms with E-state index >= 15 is 0 Å². The molecule has 0 radical (unpaired) electrons. The Kier molecular flexibility index (Phi) is 4.68. The van der Waals surface area contributed by atoms with Crippen LogP contribution in [0.15, 0.2) is 65.1 Å². The van der Waals surface area contributed by atoms with Gasteiger partial charge in [-0.2, -0.15) is 0 Å². The quantitative estimate of drug-likeness (QED) is 0.347. The lowest BCUT2D eigenvalue weighted by molar-refractivity contribution is -0.274. The van der Waals surface area contributed by atoms with Gasteiger partial charge in [-0.1, -0.05) is 51.1 Å². The fourth-order valence-corrected chi connectivity index (χ4v) is 3.67. The van der Waals surface area contributed by atoms with E-state index in [0.29, 0.717) is 5.69 Å². The van der Waals surface area contributed by atoms with Crippen LogP contribution >= 0.6 is 0 Å². The first-order valence-corrected chi connectivity index (χ1v) is 9.59. The second-order valence-corrected chi connectivity index (χ2v) is 8.29. The molecule has 3 aromatic carbocycles. The van der Waals surface area contributed by atoms with Crippen molar-refractivity contribution in [3.8, 4) is 5.75 Å². The SMILES string of the molecule is CN(c1ccc(OC(F)(F)F)cc1)c1cccc2c1oc1c(C(C)(C)C)cccc12. The maximum Gasteiger partial charge on any atom is 0.573 e. The summed E-state index contributed by atoms with van der Waals surface area (Å²) in [5.41, 5.74) is 4.19. The zero-order chi connectivity index (χ0) is 21.7. The predicted octanol–water partition coefficient (Wildman–Crippen LogP) is 7.55. The van der Waals surface area contributed by atoms with Crippen LogP contribution in [0.4, 0.5) is 24.5 Å². The number of alkyl halides is 3. The number of para-hydroxylation sites is 2. The molecule has 0 fully saturated rings. The maximum absolute atomic E-state index is 12.4. The van der Waals surface area contributed by atoms with E-state index in [1.165, 1.54) is 12.1 Å². The lowest BCUT2D eigenvalue weighted by atomic mass is 9.86. The van der Waals surface area contributed by atoms with Gasteiger partial charge in [-0.3, -0.25) is 0 Å². The lowest BCUT2D eigenvalue weighted by Crippen LogP contribution is -2.17. The van der Waals surface area contributed by atoms with Crippen molar-refractivity contribution in [2.75, 3.05) is 11.9 Å². The smallest absolute Gasteiger partial charge is 0.454 e. The van der Waals surface area contributed by atoms with Crippen molar-refractivity contribution in [2.45, 2.75) is 32.5 Å². The molecule has 1 heterocycles. The highest BCUT2D eigenvalue weighted by Gasteiger charge is 2.31. The lowest BCUT2D eigenvalue weighted by Gasteiger charge is -2.20. The van der Waals surface area contributed by atoms with Crippen molar-refractivity contribution in [1.29, 1.82) is 0 Å². The zero-order valence-electron chi connectivity index (χ0n) is 17.2. The Morgan fingerprint density at radius 2 is 1.40 bits per heavy atom. The molecule has 0 aliphatic heterocycles. The summed E-state index contributed by atoms with van der Waals surface area (Å²) < 4.78 is 47.6. The molecule has 0 saturated carbocycles. The Bertz CT molecular complexity index is 1200. The number of rotatable bonds is 3. The molecule has 0 unspecified atom stereocenters. The van der Waals surface area contributed by atoms with E-state index < -0.39 is 6.36 Å². The van der Waals surface area contributed by atoms with Crippen molar-refractivity contribution in [2.24, 2.45) is 0 Å². The molecule has 30 heavy (non-hydrogen) atoms. The van der Waals surface area contributed by atoms with E-state index in [9.17, 15) is 13.2 Å². The van der Waals surface area contributed by atoms with Crippen LogP contribution in [0.3, 0.4) is 0 Å². The summed E-state index contributed by atoms with van der Waals surface area (Å²) in [5.74, 6) is -0.253. The standard InChI is InChI=1S/C24H22F3NO2/c1-23(2,3)19-9-5-7-17-18-8-6-10-20(22(18)29-21(17)19)28(4)15-11-13-16(14-12-15)30-24(25,26)27/h5-14H,1-4H3. The molecule has 1 aromatic heterocycles. The minimum atomic E-state index is -4.71. The minimum absolute atomic E-state index is 0.0756. The van der Waals surface area contributed by atoms with Gasteiger partial charge in [0, 0.05) is 29.1 Å². The topological polar surface area (TPSA) is 25.6 Å². The number of furan rings is 1. The van der Waals surface area contributed by atoms with Gasteiger partial charge < -0.3 is 14.1 Å². The van der Waals surface area contributed by atoms with Crippen molar-refractivity contribution in [1.82, 2.24) is 0 Å². The summed E-state index contributed by atoms with van der Waals surface area (Å²) in [7, 11) is 1.85. The van der Waals surface area contributed by atoms with Gasteiger partial charge in [-0.05, 0) is 35.7 Å². The summed E-state index contributed by atoms with van der Waals surface area (Å²) in [6, 6.07) is 17.8. The first-order valence-electron chi connectivity index (χ1n) is 9.59. The van der Waals surface area contributed by atoms with Crippen molar-refractivity contribution < 1.29 is 22.3 Å². The van der Waals surface area contributed by atoms with E-state index in [-0.39, 0.29) is 11.2 Å². The van der Waals surface area contributed by atoms with E-state index in [2.05, 4.69) is 31.6 Å². The molecule has 0 amide bonds.